The third-order valence-electron chi connectivity index (χ3n) is 3.45. The van der Waals surface area contributed by atoms with Gasteiger partial charge < -0.3 is 15.2 Å². The van der Waals surface area contributed by atoms with Crippen molar-refractivity contribution >= 4 is 24.0 Å². The van der Waals surface area contributed by atoms with Crippen molar-refractivity contribution in [2.45, 2.75) is 25.7 Å². The lowest BCUT2D eigenvalue weighted by Gasteiger charge is -2.17. The predicted octanol–water partition coefficient (Wildman–Crippen LogP) is 3.99. The van der Waals surface area contributed by atoms with Crippen molar-refractivity contribution in [3.63, 3.8) is 0 Å². The first-order chi connectivity index (χ1) is 10.6. The van der Waals surface area contributed by atoms with Crippen molar-refractivity contribution in [1.82, 2.24) is 5.32 Å². The number of aliphatic hydroxyl groups excluding tert-OH is 1. The normalized spacial score (nSPS) is 13.2. The highest BCUT2D eigenvalue weighted by atomic mass is 35.5. The Morgan fingerprint density at radius 2 is 1.74 bits per heavy atom. The lowest BCUT2D eigenvalue weighted by molar-refractivity contribution is 0.0278. The molecule has 2 N–H and O–H groups in total. The quantitative estimate of drug-likeness (QED) is 0.752. The number of benzene rings is 2. The number of halogens is 2. The van der Waals surface area contributed by atoms with Crippen LogP contribution < -0.4 is 5.32 Å². The SMILES string of the molecule is CC(NCC(O)COCc1ccc(Cl)cc1)c1ccccc1.Cl. The average molecular weight is 356 g/mol. The molecule has 0 aromatic heterocycles. The molecule has 2 rings (SSSR count). The zero-order valence-corrected chi connectivity index (χ0v) is 14.7. The predicted molar refractivity (Wildman–Crippen MR) is 97.2 cm³/mol. The molecule has 0 saturated carbocycles. The van der Waals surface area contributed by atoms with E-state index in [1.807, 2.05) is 42.5 Å². The maximum Gasteiger partial charge on any atom is 0.0898 e. The maximum atomic E-state index is 9.96. The summed E-state index contributed by atoms with van der Waals surface area (Å²) in [6, 6.07) is 17.9. The van der Waals surface area contributed by atoms with Crippen LogP contribution in [0.2, 0.25) is 5.02 Å². The Kier molecular flexibility index (Phi) is 9.22. The van der Waals surface area contributed by atoms with Gasteiger partial charge in [-0.15, -0.1) is 12.4 Å². The Balaban J connectivity index is 0.00000264. The number of nitrogens with one attached hydrogen (secondary N) is 1. The fourth-order valence-corrected chi connectivity index (χ4v) is 2.25. The summed E-state index contributed by atoms with van der Waals surface area (Å²) in [6.45, 7) is 3.35. The van der Waals surface area contributed by atoms with E-state index in [9.17, 15) is 5.11 Å². The molecule has 5 heteroatoms. The lowest BCUT2D eigenvalue weighted by Crippen LogP contribution is -2.32. The number of hydrogen-bond donors (Lipinski definition) is 2. The van der Waals surface area contributed by atoms with E-state index >= 15 is 0 Å². The van der Waals surface area contributed by atoms with Crippen LogP contribution in [0.4, 0.5) is 0 Å². The van der Waals surface area contributed by atoms with Gasteiger partial charge in [0.1, 0.15) is 0 Å². The van der Waals surface area contributed by atoms with Crippen LogP contribution in [0.5, 0.6) is 0 Å². The Morgan fingerprint density at radius 1 is 1.09 bits per heavy atom. The Morgan fingerprint density at radius 3 is 2.39 bits per heavy atom. The van der Waals surface area contributed by atoms with E-state index in [1.165, 1.54) is 5.56 Å². The van der Waals surface area contributed by atoms with Gasteiger partial charge in [0.05, 0.1) is 19.3 Å². The van der Waals surface area contributed by atoms with Gasteiger partial charge in [-0.1, -0.05) is 54.1 Å². The van der Waals surface area contributed by atoms with E-state index in [2.05, 4.69) is 24.4 Å². The van der Waals surface area contributed by atoms with E-state index in [1.54, 1.807) is 0 Å². The van der Waals surface area contributed by atoms with Gasteiger partial charge in [-0.25, -0.2) is 0 Å². The zero-order chi connectivity index (χ0) is 15.8. The van der Waals surface area contributed by atoms with Crippen LogP contribution in [-0.4, -0.2) is 24.4 Å². The largest absolute Gasteiger partial charge is 0.389 e. The van der Waals surface area contributed by atoms with Crippen LogP contribution in [0.3, 0.4) is 0 Å². The summed E-state index contributed by atoms with van der Waals surface area (Å²) in [4.78, 5) is 0. The second-order valence-corrected chi connectivity index (χ2v) is 5.77. The molecule has 2 aromatic carbocycles. The number of aliphatic hydroxyl groups is 1. The minimum atomic E-state index is -0.529. The highest BCUT2D eigenvalue weighted by Crippen LogP contribution is 2.12. The molecule has 0 aliphatic carbocycles. The van der Waals surface area contributed by atoms with Gasteiger partial charge in [0.2, 0.25) is 0 Å². The van der Waals surface area contributed by atoms with Crippen molar-refractivity contribution < 1.29 is 9.84 Å². The fourth-order valence-electron chi connectivity index (χ4n) is 2.12. The molecule has 0 aliphatic rings. The molecule has 0 amide bonds. The first-order valence-corrected chi connectivity index (χ1v) is 7.81. The van der Waals surface area contributed by atoms with Crippen LogP contribution in [0.15, 0.2) is 54.6 Å². The summed E-state index contributed by atoms with van der Waals surface area (Å²) in [6.07, 6.45) is -0.529. The van der Waals surface area contributed by atoms with E-state index in [-0.39, 0.29) is 18.4 Å². The maximum absolute atomic E-state index is 9.96. The second kappa shape index (κ2) is 10.6. The summed E-state index contributed by atoms with van der Waals surface area (Å²) < 4.78 is 5.53. The van der Waals surface area contributed by atoms with Crippen molar-refractivity contribution in [2.24, 2.45) is 0 Å². The topological polar surface area (TPSA) is 41.5 Å². The summed E-state index contributed by atoms with van der Waals surface area (Å²) in [5.74, 6) is 0. The van der Waals surface area contributed by atoms with Crippen LogP contribution in [0, 0.1) is 0 Å². The Hall–Kier alpha value is -1.10. The molecule has 0 fully saturated rings. The van der Waals surface area contributed by atoms with Gasteiger partial charge in [0.15, 0.2) is 0 Å². The van der Waals surface area contributed by atoms with Gasteiger partial charge >= 0.3 is 0 Å². The molecule has 0 radical (unpaired) electrons. The molecule has 0 aliphatic heterocycles. The molecule has 126 valence electrons. The summed E-state index contributed by atoms with van der Waals surface area (Å²) >= 11 is 5.83. The standard InChI is InChI=1S/C18H22ClNO2.ClH/c1-14(16-5-3-2-4-6-16)20-11-18(21)13-22-12-15-7-9-17(19)10-8-15;/h2-10,14,18,20-21H,11-13H2,1H3;1H. The molecule has 0 heterocycles. The van der Waals surface area contributed by atoms with E-state index < -0.39 is 6.10 Å². The highest BCUT2D eigenvalue weighted by molar-refractivity contribution is 6.30. The molecule has 23 heavy (non-hydrogen) atoms. The Labute approximate surface area is 149 Å². The van der Waals surface area contributed by atoms with E-state index in [0.29, 0.717) is 24.8 Å². The molecule has 2 unspecified atom stereocenters. The lowest BCUT2D eigenvalue weighted by atomic mass is 10.1. The summed E-state index contributed by atoms with van der Waals surface area (Å²) in [5, 5.41) is 14.0. The molecule has 2 aromatic rings. The average Bonchev–Trinajstić information content (AvgIpc) is 2.55. The molecule has 2 atom stereocenters. The zero-order valence-electron chi connectivity index (χ0n) is 13.1. The van der Waals surface area contributed by atoms with Crippen LogP contribution >= 0.6 is 24.0 Å². The molecule has 0 saturated heterocycles. The first-order valence-electron chi connectivity index (χ1n) is 7.43. The van der Waals surface area contributed by atoms with Crippen LogP contribution in [0.1, 0.15) is 24.1 Å². The van der Waals surface area contributed by atoms with Crippen molar-refractivity contribution in [3.8, 4) is 0 Å². The van der Waals surface area contributed by atoms with Crippen LogP contribution in [0.25, 0.3) is 0 Å². The van der Waals surface area contributed by atoms with Gasteiger partial charge in [-0.05, 0) is 30.2 Å². The minimum Gasteiger partial charge on any atom is -0.389 e. The number of hydrogen-bond acceptors (Lipinski definition) is 3. The monoisotopic (exact) mass is 355 g/mol. The minimum absolute atomic E-state index is 0. The smallest absolute Gasteiger partial charge is 0.0898 e. The van der Waals surface area contributed by atoms with Crippen LogP contribution in [-0.2, 0) is 11.3 Å². The van der Waals surface area contributed by atoms with Gasteiger partial charge in [0, 0.05) is 17.6 Å². The second-order valence-electron chi connectivity index (χ2n) is 5.34. The fraction of sp³-hybridized carbons (Fsp3) is 0.333. The summed E-state index contributed by atoms with van der Waals surface area (Å²) in [7, 11) is 0. The van der Waals surface area contributed by atoms with Gasteiger partial charge in [-0.2, -0.15) is 0 Å². The summed E-state index contributed by atoms with van der Waals surface area (Å²) in [5.41, 5.74) is 2.25. The van der Waals surface area contributed by atoms with Gasteiger partial charge in [0.25, 0.3) is 0 Å². The third kappa shape index (κ3) is 7.34. The van der Waals surface area contributed by atoms with E-state index in [4.69, 9.17) is 16.3 Å². The first kappa shape index (κ1) is 19.9. The molecular weight excluding hydrogens is 333 g/mol. The molecular formula is C18H23Cl2NO2. The highest BCUT2D eigenvalue weighted by Gasteiger charge is 2.08. The van der Waals surface area contributed by atoms with Gasteiger partial charge in [-0.3, -0.25) is 0 Å². The number of rotatable bonds is 8. The Bertz CT molecular complexity index is 549. The molecule has 0 bridgehead atoms. The van der Waals surface area contributed by atoms with Crippen molar-refractivity contribution in [3.05, 3.63) is 70.7 Å². The number of ether oxygens (including phenoxy) is 1. The molecule has 0 spiro atoms. The molecule has 3 nitrogen and oxygen atoms in total. The van der Waals surface area contributed by atoms with E-state index in [0.717, 1.165) is 5.56 Å². The van der Waals surface area contributed by atoms with Crippen molar-refractivity contribution in [2.75, 3.05) is 13.2 Å². The van der Waals surface area contributed by atoms with Crippen molar-refractivity contribution in [1.29, 1.82) is 0 Å². The third-order valence-corrected chi connectivity index (χ3v) is 3.70.